The first-order valence-electron chi connectivity index (χ1n) is 12.7. The van der Waals surface area contributed by atoms with E-state index in [1.807, 2.05) is 30.5 Å². The largest absolute Gasteiger partial charge is 0.497 e. The highest BCUT2D eigenvalue weighted by Crippen LogP contribution is 2.32. The van der Waals surface area contributed by atoms with E-state index in [4.69, 9.17) is 9.47 Å². The van der Waals surface area contributed by atoms with E-state index in [0.717, 1.165) is 79.1 Å². The molecule has 2 aliphatic heterocycles. The van der Waals surface area contributed by atoms with E-state index >= 15 is 0 Å². The fourth-order valence-corrected chi connectivity index (χ4v) is 5.32. The number of piperidine rings is 1. The van der Waals surface area contributed by atoms with Crippen LogP contribution in [0.2, 0.25) is 0 Å². The van der Waals surface area contributed by atoms with Gasteiger partial charge < -0.3 is 19.7 Å². The van der Waals surface area contributed by atoms with Crippen LogP contribution in [0.1, 0.15) is 24.1 Å². The Morgan fingerprint density at radius 1 is 1.08 bits per heavy atom. The van der Waals surface area contributed by atoms with Crippen LogP contribution in [0.5, 0.6) is 11.5 Å². The molecule has 2 aromatic heterocycles. The van der Waals surface area contributed by atoms with E-state index in [1.54, 1.807) is 32.6 Å². The first kappa shape index (κ1) is 26.6. The molecule has 3 aromatic rings. The van der Waals surface area contributed by atoms with Crippen LogP contribution in [-0.2, 0) is 11.3 Å². The molecule has 2 fully saturated rings. The van der Waals surface area contributed by atoms with Crippen molar-refractivity contribution in [2.24, 2.45) is 5.92 Å². The molecule has 202 valence electrons. The van der Waals surface area contributed by atoms with Crippen LogP contribution in [-0.4, -0.2) is 60.0 Å². The van der Waals surface area contributed by atoms with Gasteiger partial charge in [0, 0.05) is 43.7 Å². The number of carbonyl (C=O) groups excluding carboxylic acids is 2. The normalized spacial score (nSPS) is 17.0. The van der Waals surface area contributed by atoms with Gasteiger partial charge >= 0.3 is 0 Å². The molecular weight excluding hydrogens is 516 g/mol. The molecule has 1 aromatic carbocycles. The van der Waals surface area contributed by atoms with E-state index in [-0.39, 0.29) is 11.1 Å². The minimum Gasteiger partial charge on any atom is -0.497 e. The average molecular weight is 547 g/mol. The van der Waals surface area contributed by atoms with E-state index < -0.39 is 0 Å². The second-order valence-electron chi connectivity index (χ2n) is 9.31. The Morgan fingerprint density at radius 2 is 1.90 bits per heavy atom. The van der Waals surface area contributed by atoms with Gasteiger partial charge in [-0.3, -0.25) is 19.9 Å². The summed E-state index contributed by atoms with van der Waals surface area (Å²) < 4.78 is 10.9. The number of nitrogens with one attached hydrogen (secondary N) is 2. The van der Waals surface area contributed by atoms with Gasteiger partial charge in [-0.1, -0.05) is 0 Å². The number of hydrogen-bond acceptors (Lipinski definition) is 10. The second kappa shape index (κ2) is 12.3. The number of hydrogen-bond donors (Lipinski definition) is 2. The number of amides is 2. The predicted molar refractivity (Wildman–Crippen MR) is 151 cm³/mol. The van der Waals surface area contributed by atoms with Gasteiger partial charge in [0.25, 0.3) is 11.1 Å². The molecule has 2 saturated heterocycles. The highest BCUT2D eigenvalue weighted by Gasteiger charge is 2.26. The molecule has 2 amide bonds. The Labute approximate surface area is 231 Å². The van der Waals surface area contributed by atoms with Crippen molar-refractivity contribution >= 4 is 34.9 Å². The Kier molecular flexibility index (Phi) is 8.38. The van der Waals surface area contributed by atoms with E-state index in [2.05, 4.69) is 36.6 Å². The summed E-state index contributed by atoms with van der Waals surface area (Å²) in [5.74, 6) is 2.28. The third-order valence-electron chi connectivity index (χ3n) is 6.75. The van der Waals surface area contributed by atoms with Gasteiger partial charge in [-0.25, -0.2) is 9.97 Å². The lowest BCUT2D eigenvalue weighted by atomic mass is 9.97. The zero-order chi connectivity index (χ0) is 27.2. The number of carbonyl (C=O) groups is 2. The molecule has 0 radical (unpaired) electrons. The number of thioether (sulfide) groups is 1. The van der Waals surface area contributed by atoms with Gasteiger partial charge in [-0.15, -0.1) is 0 Å². The molecule has 0 aliphatic carbocycles. The van der Waals surface area contributed by atoms with Crippen LogP contribution in [0.4, 0.5) is 10.7 Å². The number of nitrogens with zero attached hydrogens (tertiary/aromatic N) is 4. The number of imide groups is 1. The lowest BCUT2D eigenvalue weighted by molar-refractivity contribution is -0.115. The zero-order valence-corrected chi connectivity index (χ0v) is 22.7. The van der Waals surface area contributed by atoms with Crippen molar-refractivity contribution in [3.8, 4) is 22.8 Å². The standard InChI is InChI=1S/C28H30N6O4S/c1-37-21-3-4-22(24(15-21)38-2)23-13-19(5-9-30-23)17-29-16-18-7-11-34(12-8-18)27-31-10-6-20(32-27)14-25-26(35)33-28(36)39-25/h3-6,9-10,13-15,18,29H,7-8,11-12,16-17H2,1-2H3,(H,33,35,36). The molecule has 0 atom stereocenters. The van der Waals surface area contributed by atoms with Crippen LogP contribution in [0, 0.1) is 5.92 Å². The molecule has 4 heterocycles. The second-order valence-corrected chi connectivity index (χ2v) is 10.3. The number of ether oxygens (including phenoxy) is 2. The van der Waals surface area contributed by atoms with Crippen LogP contribution in [0.25, 0.3) is 17.3 Å². The SMILES string of the molecule is COc1ccc(-c2cc(CNCC3CCN(c4nccc(C=C5SC(=O)NC5=O)n4)CC3)ccn2)c(OC)c1. The number of rotatable bonds is 9. The molecule has 2 N–H and O–H groups in total. The summed E-state index contributed by atoms with van der Waals surface area (Å²) >= 11 is 0.885. The summed E-state index contributed by atoms with van der Waals surface area (Å²) in [5.41, 5.74) is 3.55. The number of benzene rings is 1. The molecule has 0 saturated carbocycles. The van der Waals surface area contributed by atoms with Gasteiger partial charge in [0.1, 0.15) is 11.5 Å². The van der Waals surface area contributed by atoms with Gasteiger partial charge in [0.05, 0.1) is 30.5 Å². The number of anilines is 1. The maximum absolute atomic E-state index is 11.8. The van der Waals surface area contributed by atoms with Gasteiger partial charge in [0.2, 0.25) is 5.95 Å². The molecule has 5 rings (SSSR count). The summed E-state index contributed by atoms with van der Waals surface area (Å²) in [7, 11) is 3.28. The maximum Gasteiger partial charge on any atom is 0.290 e. The summed E-state index contributed by atoms with van der Waals surface area (Å²) in [4.78, 5) is 39.3. The van der Waals surface area contributed by atoms with Gasteiger partial charge in [-0.05, 0) is 79.0 Å². The molecule has 0 bridgehead atoms. The molecule has 0 unspecified atom stereocenters. The quantitative estimate of drug-likeness (QED) is 0.383. The lowest BCUT2D eigenvalue weighted by Crippen LogP contribution is -2.38. The monoisotopic (exact) mass is 546 g/mol. The smallest absolute Gasteiger partial charge is 0.290 e. The molecule has 2 aliphatic rings. The Morgan fingerprint density at radius 3 is 2.64 bits per heavy atom. The average Bonchev–Trinajstić information content (AvgIpc) is 3.29. The summed E-state index contributed by atoms with van der Waals surface area (Å²) in [6.45, 7) is 3.39. The minimum absolute atomic E-state index is 0.346. The lowest BCUT2D eigenvalue weighted by Gasteiger charge is -2.32. The van der Waals surface area contributed by atoms with Crippen LogP contribution >= 0.6 is 11.8 Å². The van der Waals surface area contributed by atoms with Crippen molar-refractivity contribution in [1.29, 1.82) is 0 Å². The number of methoxy groups -OCH3 is 2. The fourth-order valence-electron chi connectivity index (χ4n) is 4.65. The Balaban J connectivity index is 1.13. The van der Waals surface area contributed by atoms with Crippen LogP contribution in [0.15, 0.2) is 53.7 Å². The van der Waals surface area contributed by atoms with Gasteiger partial charge in [-0.2, -0.15) is 0 Å². The maximum atomic E-state index is 11.8. The topological polar surface area (TPSA) is 119 Å². The zero-order valence-electron chi connectivity index (χ0n) is 21.8. The highest BCUT2D eigenvalue weighted by molar-refractivity contribution is 8.18. The Bertz CT molecular complexity index is 1390. The highest BCUT2D eigenvalue weighted by atomic mass is 32.2. The molecule has 0 spiro atoms. The third-order valence-corrected chi connectivity index (χ3v) is 7.56. The summed E-state index contributed by atoms with van der Waals surface area (Å²) in [5, 5.41) is 5.50. The summed E-state index contributed by atoms with van der Waals surface area (Å²) in [6, 6.07) is 11.6. The van der Waals surface area contributed by atoms with Crippen molar-refractivity contribution < 1.29 is 19.1 Å². The van der Waals surface area contributed by atoms with Crippen LogP contribution in [0.3, 0.4) is 0 Å². The van der Waals surface area contributed by atoms with Crippen molar-refractivity contribution in [2.45, 2.75) is 19.4 Å². The van der Waals surface area contributed by atoms with E-state index in [1.165, 1.54) is 0 Å². The molecule has 39 heavy (non-hydrogen) atoms. The van der Waals surface area contributed by atoms with Crippen molar-refractivity contribution in [3.63, 3.8) is 0 Å². The van der Waals surface area contributed by atoms with Gasteiger partial charge in [0.15, 0.2) is 0 Å². The Hall–Kier alpha value is -3.96. The number of pyridine rings is 1. The van der Waals surface area contributed by atoms with Crippen LogP contribution < -0.4 is 25.0 Å². The molecular formula is C28H30N6O4S. The van der Waals surface area contributed by atoms with Crippen molar-refractivity contribution in [2.75, 3.05) is 38.8 Å². The first-order chi connectivity index (χ1) is 19.0. The van der Waals surface area contributed by atoms with Crippen molar-refractivity contribution in [1.82, 2.24) is 25.6 Å². The molecule has 11 heteroatoms. The fraction of sp³-hybridized carbons (Fsp3) is 0.321. The molecule has 10 nitrogen and oxygen atoms in total. The third kappa shape index (κ3) is 6.55. The first-order valence-corrected chi connectivity index (χ1v) is 13.5. The number of aromatic nitrogens is 3. The van der Waals surface area contributed by atoms with E-state index in [9.17, 15) is 9.59 Å². The van der Waals surface area contributed by atoms with E-state index in [0.29, 0.717) is 22.5 Å². The minimum atomic E-state index is -0.387. The summed E-state index contributed by atoms with van der Waals surface area (Å²) in [6.07, 6.45) is 7.20. The predicted octanol–water partition coefficient (Wildman–Crippen LogP) is 3.89. The van der Waals surface area contributed by atoms with Crippen molar-refractivity contribution in [3.05, 3.63) is 65.0 Å².